The van der Waals surface area contributed by atoms with Gasteiger partial charge in [0.25, 0.3) is 10.1 Å². The summed E-state index contributed by atoms with van der Waals surface area (Å²) < 4.78 is 31.9. The topological polar surface area (TPSA) is 122 Å². The van der Waals surface area contributed by atoms with Crippen molar-refractivity contribution in [1.29, 1.82) is 0 Å². The molecule has 10 heteroatoms. The summed E-state index contributed by atoms with van der Waals surface area (Å²) in [6.45, 7) is 5.03. The quantitative estimate of drug-likeness (QED) is 0.714. The van der Waals surface area contributed by atoms with E-state index in [-0.39, 0.29) is 19.7 Å². The van der Waals surface area contributed by atoms with Crippen molar-refractivity contribution in [3.8, 4) is 0 Å². The maximum absolute atomic E-state index is 11.8. The first-order chi connectivity index (χ1) is 9.87. The number of ether oxygens (including phenoxy) is 1. The summed E-state index contributed by atoms with van der Waals surface area (Å²) in [4.78, 5) is 23.9. The zero-order valence-electron chi connectivity index (χ0n) is 13.0. The summed E-state index contributed by atoms with van der Waals surface area (Å²) >= 11 is 0. The van der Waals surface area contributed by atoms with Gasteiger partial charge in [0.05, 0.1) is 18.9 Å². The maximum Gasteiger partial charge on any atom is 0.407 e. The number of hydrogen-bond donors (Lipinski definition) is 2. The minimum absolute atomic E-state index is 0.0480. The van der Waals surface area contributed by atoms with Crippen LogP contribution in [0, 0.1) is 5.92 Å². The number of amides is 2. The van der Waals surface area contributed by atoms with Gasteiger partial charge < -0.3 is 20.1 Å². The number of carboxylic acid groups (broad SMARTS) is 1. The highest BCUT2D eigenvalue weighted by atomic mass is 32.2. The molecule has 22 heavy (non-hydrogen) atoms. The molecule has 1 aliphatic heterocycles. The van der Waals surface area contributed by atoms with Crippen molar-refractivity contribution in [2.75, 3.05) is 26.0 Å². The number of hydrogen-bond acceptors (Lipinski definition) is 6. The number of nitrogens with zero attached hydrogens (tertiary/aromatic N) is 1. The van der Waals surface area contributed by atoms with Gasteiger partial charge in [0.2, 0.25) is 0 Å². The number of nitrogens with one attached hydrogen (secondary N) is 1. The standard InChI is InChI=1S/C12H22N2O7S/c1-12(2,3)21-10(15)13-9-6-14(11(16)17)5-8(9)7-20-22(4,18)19/h8-9H,5-7H2,1-4H3,(H,13,15)(H,16,17). The van der Waals surface area contributed by atoms with Gasteiger partial charge in [-0.1, -0.05) is 0 Å². The van der Waals surface area contributed by atoms with Crippen LogP contribution in [0.1, 0.15) is 20.8 Å². The lowest BCUT2D eigenvalue weighted by Crippen LogP contribution is -2.44. The van der Waals surface area contributed by atoms with Gasteiger partial charge in [-0.3, -0.25) is 4.18 Å². The van der Waals surface area contributed by atoms with Crippen molar-refractivity contribution >= 4 is 22.3 Å². The molecule has 0 aromatic carbocycles. The lowest BCUT2D eigenvalue weighted by Gasteiger charge is -2.23. The second-order valence-electron chi connectivity index (χ2n) is 6.19. The number of alkyl carbamates (subject to hydrolysis) is 1. The van der Waals surface area contributed by atoms with Crippen LogP contribution in [0.15, 0.2) is 0 Å². The second kappa shape index (κ2) is 6.69. The zero-order valence-corrected chi connectivity index (χ0v) is 13.8. The molecule has 0 saturated carbocycles. The molecule has 0 spiro atoms. The Labute approximate surface area is 129 Å². The van der Waals surface area contributed by atoms with E-state index < -0.39 is 39.9 Å². The van der Waals surface area contributed by atoms with Crippen LogP contribution in [0.5, 0.6) is 0 Å². The van der Waals surface area contributed by atoms with Crippen LogP contribution in [0.2, 0.25) is 0 Å². The van der Waals surface area contributed by atoms with E-state index in [4.69, 9.17) is 14.0 Å². The summed E-state index contributed by atoms with van der Waals surface area (Å²) in [6, 6.07) is -0.576. The Morgan fingerprint density at radius 1 is 1.32 bits per heavy atom. The highest BCUT2D eigenvalue weighted by molar-refractivity contribution is 7.85. The van der Waals surface area contributed by atoms with Gasteiger partial charge in [0.1, 0.15) is 5.60 Å². The molecule has 0 bridgehead atoms. The van der Waals surface area contributed by atoms with E-state index in [1.807, 2.05) is 0 Å². The molecule has 0 radical (unpaired) electrons. The Morgan fingerprint density at radius 2 is 1.91 bits per heavy atom. The summed E-state index contributed by atoms with van der Waals surface area (Å²) in [5, 5.41) is 11.6. The van der Waals surface area contributed by atoms with Crippen molar-refractivity contribution in [1.82, 2.24) is 10.2 Å². The lowest BCUT2D eigenvalue weighted by atomic mass is 10.1. The minimum atomic E-state index is -3.64. The van der Waals surface area contributed by atoms with Gasteiger partial charge >= 0.3 is 12.2 Å². The fourth-order valence-electron chi connectivity index (χ4n) is 2.03. The molecule has 128 valence electrons. The van der Waals surface area contributed by atoms with Crippen LogP contribution in [-0.2, 0) is 19.0 Å². The third-order valence-electron chi connectivity index (χ3n) is 2.91. The van der Waals surface area contributed by atoms with Gasteiger partial charge in [-0.25, -0.2) is 9.59 Å². The second-order valence-corrected chi connectivity index (χ2v) is 7.83. The monoisotopic (exact) mass is 338 g/mol. The molecule has 0 aromatic rings. The molecule has 2 unspecified atom stereocenters. The third-order valence-corrected chi connectivity index (χ3v) is 3.47. The van der Waals surface area contributed by atoms with Gasteiger partial charge in [0, 0.05) is 19.0 Å². The van der Waals surface area contributed by atoms with Gasteiger partial charge in [-0.2, -0.15) is 8.42 Å². The Bertz CT molecular complexity index is 526. The van der Waals surface area contributed by atoms with Crippen molar-refractivity contribution in [2.24, 2.45) is 5.92 Å². The van der Waals surface area contributed by atoms with E-state index in [0.29, 0.717) is 0 Å². The van der Waals surface area contributed by atoms with E-state index in [1.54, 1.807) is 20.8 Å². The van der Waals surface area contributed by atoms with Crippen molar-refractivity contribution in [2.45, 2.75) is 32.4 Å². The third kappa shape index (κ3) is 6.48. The fourth-order valence-corrected chi connectivity index (χ4v) is 2.45. The molecule has 1 fully saturated rings. The summed E-state index contributed by atoms with van der Waals surface area (Å²) in [5.41, 5.74) is -0.687. The lowest BCUT2D eigenvalue weighted by molar-refractivity contribution is 0.0489. The average Bonchev–Trinajstić information content (AvgIpc) is 2.66. The van der Waals surface area contributed by atoms with E-state index in [9.17, 15) is 18.0 Å². The SMILES string of the molecule is CC(C)(C)OC(=O)NC1CN(C(=O)O)CC1COS(C)(=O)=O. The molecule has 1 saturated heterocycles. The molecule has 9 nitrogen and oxygen atoms in total. The number of rotatable bonds is 4. The Kier molecular flexibility index (Phi) is 5.63. The van der Waals surface area contributed by atoms with E-state index in [1.165, 1.54) is 0 Å². The van der Waals surface area contributed by atoms with Crippen molar-refractivity contribution < 1.29 is 32.0 Å². The Balaban J connectivity index is 2.70. The van der Waals surface area contributed by atoms with Crippen LogP contribution in [0.3, 0.4) is 0 Å². The van der Waals surface area contributed by atoms with Crippen molar-refractivity contribution in [3.05, 3.63) is 0 Å². The van der Waals surface area contributed by atoms with Gasteiger partial charge in [0.15, 0.2) is 0 Å². The van der Waals surface area contributed by atoms with Gasteiger partial charge in [-0.15, -0.1) is 0 Å². The minimum Gasteiger partial charge on any atom is -0.465 e. The Hall–Kier alpha value is -1.55. The molecule has 0 aliphatic carbocycles. The molecular formula is C12H22N2O7S. The maximum atomic E-state index is 11.8. The number of carbonyl (C=O) groups excluding carboxylic acids is 1. The number of carbonyl (C=O) groups is 2. The predicted octanol–water partition coefficient (Wildman–Crippen LogP) is 0.466. The zero-order chi connectivity index (χ0) is 17.1. The molecule has 2 amide bonds. The summed E-state index contributed by atoms with van der Waals surface area (Å²) in [6.07, 6.45) is -0.917. The molecular weight excluding hydrogens is 316 g/mol. The van der Waals surface area contributed by atoms with Crippen LogP contribution >= 0.6 is 0 Å². The first kappa shape index (κ1) is 18.5. The van der Waals surface area contributed by atoms with Gasteiger partial charge in [-0.05, 0) is 20.8 Å². The summed E-state index contributed by atoms with van der Waals surface area (Å²) in [7, 11) is -3.64. The normalized spacial score (nSPS) is 22.5. The van der Waals surface area contributed by atoms with Crippen LogP contribution < -0.4 is 5.32 Å². The van der Waals surface area contributed by atoms with E-state index >= 15 is 0 Å². The largest absolute Gasteiger partial charge is 0.465 e. The van der Waals surface area contributed by atoms with Crippen molar-refractivity contribution in [3.63, 3.8) is 0 Å². The first-order valence-electron chi connectivity index (χ1n) is 6.69. The Morgan fingerprint density at radius 3 is 2.36 bits per heavy atom. The van der Waals surface area contributed by atoms with Crippen LogP contribution in [0.25, 0.3) is 0 Å². The smallest absolute Gasteiger partial charge is 0.407 e. The average molecular weight is 338 g/mol. The molecule has 1 aliphatic rings. The number of likely N-dealkylation sites (tertiary alicyclic amines) is 1. The molecule has 1 rings (SSSR count). The van der Waals surface area contributed by atoms with E-state index in [2.05, 4.69) is 5.32 Å². The molecule has 0 aromatic heterocycles. The predicted molar refractivity (Wildman–Crippen MR) is 77.0 cm³/mol. The molecule has 1 heterocycles. The fraction of sp³-hybridized carbons (Fsp3) is 0.833. The van der Waals surface area contributed by atoms with Crippen LogP contribution in [0.4, 0.5) is 9.59 Å². The van der Waals surface area contributed by atoms with E-state index in [0.717, 1.165) is 11.2 Å². The summed E-state index contributed by atoms with van der Waals surface area (Å²) in [5.74, 6) is -0.474. The molecule has 2 atom stereocenters. The highest BCUT2D eigenvalue weighted by Crippen LogP contribution is 2.19. The van der Waals surface area contributed by atoms with Crippen LogP contribution in [-0.4, -0.2) is 68.2 Å². The molecule has 2 N–H and O–H groups in total. The first-order valence-corrected chi connectivity index (χ1v) is 8.51. The highest BCUT2D eigenvalue weighted by Gasteiger charge is 2.37.